The molecule has 0 unspecified atom stereocenters. The van der Waals surface area contributed by atoms with Gasteiger partial charge in [-0.15, -0.1) is 0 Å². The predicted octanol–water partition coefficient (Wildman–Crippen LogP) is 1.25. The van der Waals surface area contributed by atoms with Gasteiger partial charge in [0.05, 0.1) is 13.2 Å². The molecule has 0 aromatic carbocycles. The monoisotopic (exact) mass is 384 g/mol. The van der Waals surface area contributed by atoms with Crippen molar-refractivity contribution in [2.75, 3.05) is 51.8 Å². The molecule has 0 amide bonds. The van der Waals surface area contributed by atoms with Crippen molar-refractivity contribution in [1.82, 2.24) is 25.2 Å². The summed E-state index contributed by atoms with van der Waals surface area (Å²) in [4.78, 5) is 18.0. The van der Waals surface area contributed by atoms with E-state index in [4.69, 9.17) is 9.47 Å². The van der Waals surface area contributed by atoms with Gasteiger partial charge in [0.25, 0.3) is 0 Å². The van der Waals surface area contributed by atoms with Crippen LogP contribution >= 0.6 is 0 Å². The molecule has 28 heavy (non-hydrogen) atoms. The Bertz CT molecular complexity index is 746. The van der Waals surface area contributed by atoms with Crippen LogP contribution in [-0.2, 0) is 11.3 Å². The molecule has 150 valence electrons. The van der Waals surface area contributed by atoms with Crippen LogP contribution in [-0.4, -0.2) is 72.8 Å². The lowest BCUT2D eigenvalue weighted by Gasteiger charge is -2.32. The van der Waals surface area contributed by atoms with Gasteiger partial charge in [0, 0.05) is 81.2 Å². The highest BCUT2D eigenvalue weighted by molar-refractivity contribution is 5.30. The van der Waals surface area contributed by atoms with Crippen LogP contribution in [0.1, 0.15) is 23.7 Å². The van der Waals surface area contributed by atoms with Crippen LogP contribution in [0.2, 0.25) is 0 Å². The fourth-order valence-electron chi connectivity index (χ4n) is 3.67. The number of aromatic nitrogens is 3. The Hall–Kier alpha value is -2.29. The highest BCUT2D eigenvalue weighted by Gasteiger charge is 2.29. The molecule has 0 bridgehead atoms. The van der Waals surface area contributed by atoms with Crippen molar-refractivity contribution in [2.45, 2.75) is 25.1 Å². The van der Waals surface area contributed by atoms with Crippen molar-refractivity contribution in [2.24, 2.45) is 0 Å². The van der Waals surface area contributed by atoms with E-state index in [2.05, 4.69) is 37.1 Å². The average Bonchev–Trinajstić information content (AvgIpc) is 3.22. The number of ether oxygens (including phenoxy) is 2. The van der Waals surface area contributed by atoms with Crippen molar-refractivity contribution in [3.05, 3.63) is 41.9 Å². The van der Waals surface area contributed by atoms with Crippen molar-refractivity contribution < 1.29 is 9.47 Å². The van der Waals surface area contributed by atoms with E-state index in [9.17, 15) is 0 Å². The summed E-state index contributed by atoms with van der Waals surface area (Å²) in [5.41, 5.74) is 2.15. The number of nitrogens with one attached hydrogen (secondary N) is 1. The first-order chi connectivity index (χ1) is 13.7. The standard InChI is InChI=1S/C20H28N6O2/c1-25-6-8-26(9-7-25)20-23-12-15(13-24-20)11-21-17-5-10-28-19(17)16-3-4-18(27-2)22-14-16/h3-4,12-14,17,19,21H,5-11H2,1-2H3/t17-,19+/m0/s1. The Morgan fingerprint density at radius 3 is 2.57 bits per heavy atom. The number of nitrogens with zero attached hydrogens (tertiary/aromatic N) is 5. The van der Waals surface area contributed by atoms with Crippen LogP contribution < -0.4 is 15.0 Å². The van der Waals surface area contributed by atoms with Crippen LogP contribution in [0.3, 0.4) is 0 Å². The normalized spacial score (nSPS) is 23.1. The molecule has 2 aromatic rings. The zero-order chi connectivity index (χ0) is 19.3. The maximum atomic E-state index is 5.94. The zero-order valence-electron chi connectivity index (χ0n) is 16.5. The van der Waals surface area contributed by atoms with Crippen LogP contribution in [0.15, 0.2) is 30.7 Å². The molecule has 0 aliphatic carbocycles. The third-order valence-corrected chi connectivity index (χ3v) is 5.43. The number of hydrogen-bond acceptors (Lipinski definition) is 8. The first kappa shape index (κ1) is 19.0. The molecule has 4 heterocycles. The Balaban J connectivity index is 1.33. The largest absolute Gasteiger partial charge is 0.481 e. The number of methoxy groups -OCH3 is 1. The van der Waals surface area contributed by atoms with Crippen LogP contribution in [0, 0.1) is 0 Å². The summed E-state index contributed by atoms with van der Waals surface area (Å²) in [5, 5.41) is 3.60. The molecule has 0 radical (unpaired) electrons. The topological polar surface area (TPSA) is 75.6 Å². The second-order valence-electron chi connectivity index (χ2n) is 7.38. The predicted molar refractivity (Wildman–Crippen MR) is 106 cm³/mol. The molecule has 2 fully saturated rings. The van der Waals surface area contributed by atoms with Gasteiger partial charge in [-0.2, -0.15) is 0 Å². The average molecular weight is 384 g/mol. The lowest BCUT2D eigenvalue weighted by Crippen LogP contribution is -2.45. The second kappa shape index (κ2) is 8.81. The van der Waals surface area contributed by atoms with Crippen molar-refractivity contribution >= 4 is 5.95 Å². The number of pyridine rings is 1. The molecular weight excluding hydrogens is 356 g/mol. The maximum Gasteiger partial charge on any atom is 0.225 e. The Morgan fingerprint density at radius 2 is 1.89 bits per heavy atom. The summed E-state index contributed by atoms with van der Waals surface area (Å²) in [5.74, 6) is 1.44. The molecule has 2 aliphatic heterocycles. The molecule has 2 saturated heterocycles. The van der Waals surface area contributed by atoms with E-state index in [1.54, 1.807) is 7.11 Å². The summed E-state index contributed by atoms with van der Waals surface area (Å²) >= 11 is 0. The van der Waals surface area contributed by atoms with Gasteiger partial charge in [0.1, 0.15) is 0 Å². The first-order valence-corrected chi connectivity index (χ1v) is 9.82. The molecule has 2 atom stereocenters. The third kappa shape index (κ3) is 4.40. The van der Waals surface area contributed by atoms with Crippen LogP contribution in [0.5, 0.6) is 5.88 Å². The summed E-state index contributed by atoms with van der Waals surface area (Å²) < 4.78 is 11.1. The fraction of sp³-hybridized carbons (Fsp3) is 0.550. The lowest BCUT2D eigenvalue weighted by molar-refractivity contribution is 0.0981. The smallest absolute Gasteiger partial charge is 0.225 e. The Labute approximate surface area is 165 Å². The number of hydrogen-bond donors (Lipinski definition) is 1. The molecule has 1 N–H and O–H groups in total. The minimum Gasteiger partial charge on any atom is -0.481 e. The second-order valence-corrected chi connectivity index (χ2v) is 7.38. The van der Waals surface area contributed by atoms with Gasteiger partial charge in [-0.3, -0.25) is 0 Å². The quantitative estimate of drug-likeness (QED) is 0.798. The minimum absolute atomic E-state index is 0.00365. The van der Waals surface area contributed by atoms with Gasteiger partial charge >= 0.3 is 0 Å². The van der Waals surface area contributed by atoms with Gasteiger partial charge in [-0.25, -0.2) is 15.0 Å². The molecule has 8 heteroatoms. The number of anilines is 1. The van der Waals surface area contributed by atoms with Gasteiger partial charge in [0.2, 0.25) is 11.8 Å². The molecule has 0 saturated carbocycles. The SMILES string of the molecule is COc1ccc([C@H]2OCC[C@@H]2NCc2cnc(N3CCN(C)CC3)nc2)cn1. The molecule has 2 aliphatic rings. The molecule has 0 spiro atoms. The van der Waals surface area contributed by atoms with E-state index in [0.717, 1.165) is 62.8 Å². The van der Waals surface area contributed by atoms with E-state index < -0.39 is 0 Å². The molecule has 2 aromatic heterocycles. The lowest BCUT2D eigenvalue weighted by atomic mass is 10.0. The van der Waals surface area contributed by atoms with E-state index >= 15 is 0 Å². The molecular formula is C20H28N6O2. The summed E-state index contributed by atoms with van der Waals surface area (Å²) in [7, 11) is 3.77. The summed E-state index contributed by atoms with van der Waals surface area (Å²) in [6, 6.07) is 4.14. The third-order valence-electron chi connectivity index (χ3n) is 5.43. The number of likely N-dealkylation sites (N-methyl/N-ethyl adjacent to an activating group) is 1. The Morgan fingerprint density at radius 1 is 1.11 bits per heavy atom. The highest BCUT2D eigenvalue weighted by atomic mass is 16.5. The summed E-state index contributed by atoms with van der Waals surface area (Å²) in [6.07, 6.45) is 6.65. The van der Waals surface area contributed by atoms with Gasteiger partial charge < -0.3 is 24.6 Å². The summed E-state index contributed by atoms with van der Waals surface area (Å²) in [6.45, 7) is 5.52. The van der Waals surface area contributed by atoms with Gasteiger partial charge in [-0.1, -0.05) is 0 Å². The fourth-order valence-corrected chi connectivity index (χ4v) is 3.67. The number of rotatable bonds is 6. The van der Waals surface area contributed by atoms with Crippen molar-refractivity contribution in [3.8, 4) is 5.88 Å². The molecule has 4 rings (SSSR count). The van der Waals surface area contributed by atoms with Crippen LogP contribution in [0.4, 0.5) is 5.95 Å². The highest BCUT2D eigenvalue weighted by Crippen LogP contribution is 2.29. The molecule has 8 nitrogen and oxygen atoms in total. The number of piperazine rings is 1. The minimum atomic E-state index is 0.00365. The van der Waals surface area contributed by atoms with E-state index in [1.165, 1.54) is 0 Å². The van der Waals surface area contributed by atoms with E-state index in [0.29, 0.717) is 5.88 Å². The first-order valence-electron chi connectivity index (χ1n) is 9.82. The van der Waals surface area contributed by atoms with Gasteiger partial charge in [-0.05, 0) is 19.5 Å². The Kier molecular flexibility index (Phi) is 5.99. The van der Waals surface area contributed by atoms with E-state index in [-0.39, 0.29) is 12.1 Å². The zero-order valence-corrected chi connectivity index (χ0v) is 16.5. The van der Waals surface area contributed by atoms with E-state index in [1.807, 2.05) is 30.7 Å². The van der Waals surface area contributed by atoms with Crippen molar-refractivity contribution in [1.29, 1.82) is 0 Å². The maximum absolute atomic E-state index is 5.94. The van der Waals surface area contributed by atoms with Gasteiger partial charge in [0.15, 0.2) is 0 Å². The van der Waals surface area contributed by atoms with Crippen molar-refractivity contribution in [3.63, 3.8) is 0 Å². The van der Waals surface area contributed by atoms with Crippen LogP contribution in [0.25, 0.3) is 0 Å².